The average molecular weight is 560 g/mol. The van der Waals surface area contributed by atoms with Crippen LogP contribution >= 0.6 is 0 Å². The Hall–Kier alpha value is -3.89. The van der Waals surface area contributed by atoms with E-state index >= 15 is 0 Å². The van der Waals surface area contributed by atoms with Crippen molar-refractivity contribution in [3.05, 3.63) is 71.4 Å². The van der Waals surface area contributed by atoms with Crippen molar-refractivity contribution in [3.63, 3.8) is 0 Å². The summed E-state index contributed by atoms with van der Waals surface area (Å²) < 4.78 is 5.53. The van der Waals surface area contributed by atoms with Crippen LogP contribution in [0.5, 0.6) is 0 Å². The summed E-state index contributed by atoms with van der Waals surface area (Å²) in [5.41, 5.74) is 4.34. The van der Waals surface area contributed by atoms with Gasteiger partial charge in [0, 0.05) is 43.3 Å². The first kappa shape index (κ1) is 27.3. The summed E-state index contributed by atoms with van der Waals surface area (Å²) >= 11 is 0. The van der Waals surface area contributed by atoms with Crippen LogP contribution in [0.3, 0.4) is 0 Å². The molecule has 6 rings (SSSR count). The number of benzene rings is 2. The second-order valence-corrected chi connectivity index (χ2v) is 11.4. The number of piperazine rings is 1. The fourth-order valence-corrected chi connectivity index (χ4v) is 5.82. The van der Waals surface area contributed by atoms with Gasteiger partial charge in [-0.3, -0.25) is 9.59 Å². The first-order chi connectivity index (χ1) is 19.9. The lowest BCUT2D eigenvalue weighted by Crippen LogP contribution is -2.51. The maximum atomic E-state index is 13.2. The number of aromatic nitrogens is 1. The average Bonchev–Trinajstić information content (AvgIpc) is 3.71. The topological polar surface area (TPSA) is 131 Å². The molecule has 1 saturated heterocycles. The van der Waals surface area contributed by atoms with Gasteiger partial charge in [0.2, 0.25) is 0 Å². The Morgan fingerprint density at radius 3 is 2.39 bits per heavy atom. The van der Waals surface area contributed by atoms with Crippen LogP contribution in [0.1, 0.15) is 70.3 Å². The Balaban J connectivity index is 1.22. The fourth-order valence-electron chi connectivity index (χ4n) is 5.82. The number of hydrogen-bond acceptors (Lipinski definition) is 8. The Bertz CT molecular complexity index is 1410. The van der Waals surface area contributed by atoms with E-state index in [0.717, 1.165) is 51.1 Å². The Morgan fingerprint density at radius 1 is 0.927 bits per heavy atom. The molecule has 10 nitrogen and oxygen atoms in total. The standard InChI is InChI=1S/C31H37N5O5/c1-19-5-2-3-7-25(19)35-13-15-36(16-14-35)26-12-11-21(29(39)32-22-6-4-8-27(37)28(22)38)17-23(26)33-30(40)24-18-41-31(34-24)20-9-10-20/h2-3,5,7,11-12,17-18,20,22,27-28,37-38H,4,6,8-10,13-16H2,1H3,(H,32,39)(H,33,40)/t22-,27-,28-/m1/s1. The number of aliphatic hydroxyl groups is 2. The molecule has 3 fully saturated rings. The van der Waals surface area contributed by atoms with Gasteiger partial charge >= 0.3 is 0 Å². The van der Waals surface area contributed by atoms with Gasteiger partial charge in [-0.25, -0.2) is 4.98 Å². The number of carbonyl (C=O) groups is 2. The van der Waals surface area contributed by atoms with Crippen molar-refractivity contribution < 1.29 is 24.2 Å². The molecule has 4 N–H and O–H groups in total. The molecule has 41 heavy (non-hydrogen) atoms. The monoisotopic (exact) mass is 559 g/mol. The van der Waals surface area contributed by atoms with Gasteiger partial charge < -0.3 is 35.1 Å². The summed E-state index contributed by atoms with van der Waals surface area (Å²) in [6.07, 6.45) is 3.38. The first-order valence-corrected chi connectivity index (χ1v) is 14.5. The lowest BCUT2D eigenvalue weighted by atomic mass is 9.90. The normalized spacial score (nSPS) is 22.9. The highest BCUT2D eigenvalue weighted by molar-refractivity contribution is 6.06. The van der Waals surface area contributed by atoms with Crippen LogP contribution in [-0.4, -0.2) is 71.4 Å². The molecule has 3 aliphatic rings. The summed E-state index contributed by atoms with van der Waals surface area (Å²) in [6, 6.07) is 13.1. The number of para-hydroxylation sites is 1. The predicted octanol–water partition coefficient (Wildman–Crippen LogP) is 3.44. The number of amides is 2. The van der Waals surface area contributed by atoms with Gasteiger partial charge in [-0.2, -0.15) is 0 Å². The molecular formula is C31H37N5O5. The molecule has 2 saturated carbocycles. The maximum absolute atomic E-state index is 13.2. The Labute approximate surface area is 239 Å². The van der Waals surface area contributed by atoms with Gasteiger partial charge in [0.05, 0.1) is 29.6 Å². The van der Waals surface area contributed by atoms with Gasteiger partial charge in [-0.1, -0.05) is 18.2 Å². The van der Waals surface area contributed by atoms with Crippen LogP contribution in [0.25, 0.3) is 0 Å². The summed E-state index contributed by atoms with van der Waals surface area (Å²) in [5, 5.41) is 26.3. The van der Waals surface area contributed by atoms with Crippen LogP contribution in [-0.2, 0) is 0 Å². The minimum atomic E-state index is -1.01. The molecule has 2 heterocycles. The van der Waals surface area contributed by atoms with Crippen LogP contribution in [0.2, 0.25) is 0 Å². The summed E-state index contributed by atoms with van der Waals surface area (Å²) in [5.74, 6) is 0.109. The zero-order chi connectivity index (χ0) is 28.5. The molecule has 10 heteroatoms. The molecular weight excluding hydrogens is 522 g/mol. The fraction of sp³-hybridized carbons (Fsp3) is 0.452. The number of carbonyl (C=O) groups excluding carboxylic acids is 2. The van der Waals surface area contributed by atoms with E-state index in [1.807, 2.05) is 12.1 Å². The second-order valence-electron chi connectivity index (χ2n) is 11.4. The van der Waals surface area contributed by atoms with Crippen molar-refractivity contribution in [2.45, 2.75) is 63.2 Å². The third-order valence-electron chi connectivity index (χ3n) is 8.40. The summed E-state index contributed by atoms with van der Waals surface area (Å²) in [4.78, 5) is 35.4. The zero-order valence-electron chi connectivity index (χ0n) is 23.3. The van der Waals surface area contributed by atoms with Gasteiger partial charge in [0.25, 0.3) is 11.8 Å². The molecule has 3 atom stereocenters. The first-order valence-electron chi connectivity index (χ1n) is 14.5. The van der Waals surface area contributed by atoms with Crippen LogP contribution in [0.15, 0.2) is 53.1 Å². The van der Waals surface area contributed by atoms with E-state index in [-0.39, 0.29) is 17.5 Å². The molecule has 2 aromatic carbocycles. The van der Waals surface area contributed by atoms with Gasteiger partial charge in [0.15, 0.2) is 11.6 Å². The largest absolute Gasteiger partial charge is 0.448 e. The molecule has 0 spiro atoms. The minimum absolute atomic E-state index is 0.205. The van der Waals surface area contributed by atoms with E-state index in [1.54, 1.807) is 12.1 Å². The lowest BCUT2D eigenvalue weighted by molar-refractivity contribution is -0.0278. The van der Waals surface area contributed by atoms with Crippen LogP contribution in [0.4, 0.5) is 17.1 Å². The number of aliphatic hydroxyl groups excluding tert-OH is 2. The van der Waals surface area contributed by atoms with Crippen molar-refractivity contribution >= 4 is 28.9 Å². The van der Waals surface area contributed by atoms with Crippen molar-refractivity contribution in [2.75, 3.05) is 41.3 Å². The molecule has 1 aromatic heterocycles. The number of nitrogens with zero attached hydrogens (tertiary/aromatic N) is 3. The maximum Gasteiger partial charge on any atom is 0.277 e. The smallest absolute Gasteiger partial charge is 0.277 e. The zero-order valence-corrected chi connectivity index (χ0v) is 23.3. The van der Waals surface area contributed by atoms with E-state index in [0.29, 0.717) is 30.0 Å². The van der Waals surface area contributed by atoms with Crippen molar-refractivity contribution in [3.8, 4) is 0 Å². The van der Waals surface area contributed by atoms with E-state index in [2.05, 4.69) is 50.5 Å². The highest BCUT2D eigenvalue weighted by atomic mass is 16.3. The SMILES string of the molecule is Cc1ccccc1N1CCN(c2ccc(C(=O)N[C@@H]3CCC[C@@H](O)[C@@H]3O)cc2NC(=O)c2coc(C3CC3)n2)CC1. The van der Waals surface area contributed by atoms with Gasteiger partial charge in [0.1, 0.15) is 6.26 Å². The van der Waals surface area contributed by atoms with E-state index < -0.39 is 24.2 Å². The second kappa shape index (κ2) is 11.5. The van der Waals surface area contributed by atoms with Crippen molar-refractivity contribution in [2.24, 2.45) is 0 Å². The molecule has 3 aromatic rings. The van der Waals surface area contributed by atoms with E-state index in [9.17, 15) is 19.8 Å². The van der Waals surface area contributed by atoms with Crippen LogP contribution in [0, 0.1) is 6.92 Å². The predicted molar refractivity (Wildman–Crippen MR) is 156 cm³/mol. The van der Waals surface area contributed by atoms with Gasteiger partial charge in [-0.15, -0.1) is 0 Å². The quantitative estimate of drug-likeness (QED) is 0.346. The van der Waals surface area contributed by atoms with Crippen LogP contribution < -0.4 is 20.4 Å². The Kier molecular flexibility index (Phi) is 7.68. The lowest BCUT2D eigenvalue weighted by Gasteiger charge is -2.38. The highest BCUT2D eigenvalue weighted by Crippen LogP contribution is 2.39. The molecule has 1 aliphatic heterocycles. The van der Waals surface area contributed by atoms with Crippen molar-refractivity contribution in [1.29, 1.82) is 0 Å². The Morgan fingerprint density at radius 2 is 1.66 bits per heavy atom. The molecule has 2 amide bonds. The highest BCUT2D eigenvalue weighted by Gasteiger charge is 2.32. The third-order valence-corrected chi connectivity index (χ3v) is 8.40. The van der Waals surface area contributed by atoms with E-state index in [4.69, 9.17) is 4.42 Å². The molecule has 2 aliphatic carbocycles. The molecule has 216 valence electrons. The summed E-state index contributed by atoms with van der Waals surface area (Å²) in [7, 11) is 0. The van der Waals surface area contributed by atoms with Gasteiger partial charge in [-0.05, 0) is 68.9 Å². The molecule has 0 radical (unpaired) electrons. The number of nitrogens with one attached hydrogen (secondary N) is 2. The number of hydrogen-bond donors (Lipinski definition) is 4. The third kappa shape index (κ3) is 5.94. The number of aryl methyl sites for hydroxylation is 1. The minimum Gasteiger partial charge on any atom is -0.448 e. The number of oxazole rings is 1. The van der Waals surface area contributed by atoms with Crippen molar-refractivity contribution in [1.82, 2.24) is 10.3 Å². The summed E-state index contributed by atoms with van der Waals surface area (Å²) in [6.45, 7) is 5.23. The van der Waals surface area contributed by atoms with E-state index in [1.165, 1.54) is 17.5 Å². The molecule has 0 bridgehead atoms. The molecule has 0 unspecified atom stereocenters. The number of anilines is 3. The number of rotatable bonds is 7.